The molecule has 94 valence electrons. The Morgan fingerprint density at radius 1 is 1.35 bits per heavy atom. The minimum atomic E-state index is -0.124. The van der Waals surface area contributed by atoms with E-state index in [4.69, 9.17) is 10.5 Å². The molecule has 0 heterocycles. The average Bonchev–Trinajstić information content (AvgIpc) is 2.33. The molecule has 1 aromatic carbocycles. The van der Waals surface area contributed by atoms with Crippen molar-refractivity contribution in [2.75, 3.05) is 5.73 Å². The normalized spacial score (nSPS) is 10.5. The van der Waals surface area contributed by atoms with Crippen LogP contribution in [0, 0.1) is 0 Å². The summed E-state index contributed by atoms with van der Waals surface area (Å²) < 4.78 is 5.33. The van der Waals surface area contributed by atoms with E-state index in [0.29, 0.717) is 12.8 Å². The molecule has 0 fully saturated rings. The highest BCUT2D eigenvalue weighted by atomic mass is 16.5. The van der Waals surface area contributed by atoms with Gasteiger partial charge < -0.3 is 10.5 Å². The fourth-order valence-corrected chi connectivity index (χ4v) is 1.70. The van der Waals surface area contributed by atoms with E-state index in [-0.39, 0.29) is 12.1 Å². The fourth-order valence-electron chi connectivity index (χ4n) is 1.70. The van der Waals surface area contributed by atoms with Gasteiger partial charge in [0.05, 0.1) is 0 Å². The van der Waals surface area contributed by atoms with Gasteiger partial charge in [0.2, 0.25) is 0 Å². The molecule has 3 nitrogen and oxygen atoms in total. The molecule has 3 heteroatoms. The van der Waals surface area contributed by atoms with Crippen LogP contribution in [0.4, 0.5) is 5.69 Å². The van der Waals surface area contributed by atoms with E-state index in [1.807, 2.05) is 38.1 Å². The van der Waals surface area contributed by atoms with Crippen LogP contribution in [0.3, 0.4) is 0 Å². The molecule has 0 saturated carbocycles. The number of carbonyl (C=O) groups is 1. The zero-order chi connectivity index (χ0) is 12.7. The van der Waals surface area contributed by atoms with Crippen molar-refractivity contribution < 1.29 is 9.53 Å². The first-order chi connectivity index (χ1) is 8.15. The summed E-state index contributed by atoms with van der Waals surface area (Å²) in [5, 5.41) is 0. The molecule has 0 aliphatic carbocycles. The Balaban J connectivity index is 2.38. The zero-order valence-corrected chi connectivity index (χ0v) is 10.6. The summed E-state index contributed by atoms with van der Waals surface area (Å²) in [5.74, 6) is -0.124. The average molecular weight is 235 g/mol. The van der Waals surface area contributed by atoms with E-state index in [1.54, 1.807) is 0 Å². The monoisotopic (exact) mass is 235 g/mol. The van der Waals surface area contributed by atoms with Crippen LogP contribution in [0.1, 0.15) is 38.7 Å². The van der Waals surface area contributed by atoms with Crippen LogP contribution in [0.2, 0.25) is 0 Å². The number of aryl methyl sites for hydroxylation is 1. The first-order valence-electron chi connectivity index (χ1n) is 6.19. The number of esters is 1. The van der Waals surface area contributed by atoms with Gasteiger partial charge in [0.25, 0.3) is 0 Å². The van der Waals surface area contributed by atoms with Crippen molar-refractivity contribution in [1.82, 2.24) is 0 Å². The van der Waals surface area contributed by atoms with Gasteiger partial charge in [-0.25, -0.2) is 0 Å². The Morgan fingerprint density at radius 3 is 2.65 bits per heavy atom. The topological polar surface area (TPSA) is 52.3 Å². The van der Waals surface area contributed by atoms with Crippen molar-refractivity contribution >= 4 is 11.7 Å². The van der Waals surface area contributed by atoms with Crippen LogP contribution in [0.5, 0.6) is 0 Å². The Bertz CT molecular complexity index is 359. The highest BCUT2D eigenvalue weighted by Gasteiger charge is 2.10. The molecule has 1 rings (SSSR count). The molecule has 0 unspecified atom stereocenters. The van der Waals surface area contributed by atoms with Crippen molar-refractivity contribution in [2.45, 2.75) is 45.6 Å². The van der Waals surface area contributed by atoms with Crippen molar-refractivity contribution in [2.24, 2.45) is 0 Å². The molecule has 0 bridgehead atoms. The van der Waals surface area contributed by atoms with Crippen LogP contribution in [-0.4, -0.2) is 12.1 Å². The number of nitrogens with two attached hydrogens (primary N) is 1. The molecular weight excluding hydrogens is 214 g/mol. The number of hydrogen-bond donors (Lipinski definition) is 1. The van der Waals surface area contributed by atoms with Crippen LogP contribution in [0.15, 0.2) is 24.3 Å². The van der Waals surface area contributed by atoms with E-state index in [9.17, 15) is 4.79 Å². The van der Waals surface area contributed by atoms with Crippen LogP contribution in [0.25, 0.3) is 0 Å². The molecule has 0 radical (unpaired) electrons. The third kappa shape index (κ3) is 4.89. The Hall–Kier alpha value is -1.51. The van der Waals surface area contributed by atoms with Crippen LogP contribution >= 0.6 is 0 Å². The number of ether oxygens (including phenoxy) is 1. The van der Waals surface area contributed by atoms with E-state index in [1.165, 1.54) is 0 Å². The van der Waals surface area contributed by atoms with Crippen molar-refractivity contribution in [3.63, 3.8) is 0 Å². The van der Waals surface area contributed by atoms with Gasteiger partial charge in [-0.2, -0.15) is 0 Å². The van der Waals surface area contributed by atoms with Gasteiger partial charge in [-0.1, -0.05) is 26.0 Å². The molecule has 0 atom stereocenters. The smallest absolute Gasteiger partial charge is 0.306 e. The molecule has 17 heavy (non-hydrogen) atoms. The molecule has 0 aromatic heterocycles. The van der Waals surface area contributed by atoms with Crippen LogP contribution < -0.4 is 5.73 Å². The summed E-state index contributed by atoms with van der Waals surface area (Å²) in [6.45, 7) is 4.05. The maximum Gasteiger partial charge on any atom is 0.306 e. The van der Waals surface area contributed by atoms with E-state index < -0.39 is 0 Å². The SMILES string of the molecule is CCC(CC)OC(=O)CCc1cccc(N)c1. The summed E-state index contributed by atoms with van der Waals surface area (Å²) in [6.07, 6.45) is 2.91. The second kappa shape index (κ2) is 6.94. The first-order valence-corrected chi connectivity index (χ1v) is 6.19. The summed E-state index contributed by atoms with van der Waals surface area (Å²) in [4.78, 5) is 11.6. The van der Waals surface area contributed by atoms with E-state index >= 15 is 0 Å². The predicted octanol–water partition coefficient (Wildman–Crippen LogP) is 2.93. The maximum atomic E-state index is 11.6. The second-order valence-corrected chi connectivity index (χ2v) is 4.17. The lowest BCUT2D eigenvalue weighted by Crippen LogP contribution is -2.16. The minimum absolute atomic E-state index is 0.0587. The fraction of sp³-hybridized carbons (Fsp3) is 0.500. The second-order valence-electron chi connectivity index (χ2n) is 4.17. The van der Waals surface area contributed by atoms with E-state index in [2.05, 4.69) is 0 Å². The number of anilines is 1. The Labute approximate surface area is 103 Å². The summed E-state index contributed by atoms with van der Waals surface area (Å²) in [7, 11) is 0. The summed E-state index contributed by atoms with van der Waals surface area (Å²) in [6, 6.07) is 7.61. The highest BCUT2D eigenvalue weighted by molar-refractivity contribution is 5.70. The molecule has 0 aliphatic heterocycles. The van der Waals surface area contributed by atoms with Gasteiger partial charge in [0, 0.05) is 12.1 Å². The first kappa shape index (κ1) is 13.6. The lowest BCUT2D eigenvalue weighted by Gasteiger charge is -2.13. The lowest BCUT2D eigenvalue weighted by atomic mass is 10.1. The number of hydrogen-bond acceptors (Lipinski definition) is 3. The predicted molar refractivity (Wildman–Crippen MR) is 69.6 cm³/mol. The van der Waals surface area contributed by atoms with Crippen molar-refractivity contribution in [3.8, 4) is 0 Å². The molecule has 0 amide bonds. The molecule has 2 N–H and O–H groups in total. The van der Waals surface area contributed by atoms with E-state index in [0.717, 1.165) is 24.1 Å². The van der Waals surface area contributed by atoms with Gasteiger partial charge in [-0.15, -0.1) is 0 Å². The lowest BCUT2D eigenvalue weighted by molar-refractivity contribution is -0.149. The van der Waals surface area contributed by atoms with Gasteiger partial charge in [-0.3, -0.25) is 4.79 Å². The van der Waals surface area contributed by atoms with Gasteiger partial charge >= 0.3 is 5.97 Å². The van der Waals surface area contributed by atoms with Crippen LogP contribution in [-0.2, 0) is 16.0 Å². The number of carbonyl (C=O) groups excluding carboxylic acids is 1. The summed E-state index contributed by atoms with van der Waals surface area (Å²) in [5.41, 5.74) is 7.48. The van der Waals surface area contributed by atoms with Gasteiger partial charge in [0.15, 0.2) is 0 Å². The number of benzene rings is 1. The number of rotatable bonds is 6. The summed E-state index contributed by atoms with van der Waals surface area (Å²) >= 11 is 0. The largest absolute Gasteiger partial charge is 0.462 e. The standard InChI is InChI=1S/C14H21NO2/c1-3-13(4-2)17-14(16)9-8-11-6-5-7-12(15)10-11/h5-7,10,13H,3-4,8-9,15H2,1-2H3. The van der Waals surface area contributed by atoms with Crippen molar-refractivity contribution in [1.29, 1.82) is 0 Å². The zero-order valence-electron chi connectivity index (χ0n) is 10.6. The molecule has 0 saturated heterocycles. The molecule has 0 spiro atoms. The third-order valence-corrected chi connectivity index (χ3v) is 2.78. The number of nitrogen functional groups attached to an aromatic ring is 1. The molecular formula is C14H21NO2. The quantitative estimate of drug-likeness (QED) is 0.609. The molecule has 0 aliphatic rings. The Morgan fingerprint density at radius 2 is 2.06 bits per heavy atom. The third-order valence-electron chi connectivity index (χ3n) is 2.78. The minimum Gasteiger partial charge on any atom is -0.462 e. The Kier molecular flexibility index (Phi) is 5.53. The van der Waals surface area contributed by atoms with Crippen molar-refractivity contribution in [3.05, 3.63) is 29.8 Å². The maximum absolute atomic E-state index is 11.6. The van der Waals surface area contributed by atoms with Gasteiger partial charge in [0.1, 0.15) is 6.10 Å². The molecule has 1 aromatic rings. The van der Waals surface area contributed by atoms with Gasteiger partial charge in [-0.05, 0) is 37.0 Å². The highest BCUT2D eigenvalue weighted by Crippen LogP contribution is 2.10.